The van der Waals surface area contributed by atoms with Crippen LogP contribution in [0.3, 0.4) is 0 Å². The van der Waals surface area contributed by atoms with E-state index < -0.39 is 12.3 Å². The summed E-state index contributed by atoms with van der Waals surface area (Å²) < 4.78 is 13.3. The lowest BCUT2D eigenvalue weighted by molar-refractivity contribution is -0.133. The molecule has 0 spiro atoms. The predicted octanol–water partition coefficient (Wildman–Crippen LogP) is 4.49. The number of imidazole rings is 1. The molecule has 0 amide bonds. The van der Waals surface area contributed by atoms with Crippen molar-refractivity contribution in [2.24, 2.45) is 40.9 Å². The topological polar surface area (TPSA) is 66.0 Å². The molecule has 1 heterocycles. The van der Waals surface area contributed by atoms with Crippen LogP contribution in [-0.2, 0) is 11.2 Å². The fraction of sp³-hybridized carbons (Fsp3) is 0.833. The normalized spacial score (nSPS) is 46.6. The van der Waals surface area contributed by atoms with Crippen molar-refractivity contribution in [1.29, 1.82) is 0 Å². The Morgan fingerprint density at radius 3 is 2.76 bits per heavy atom. The number of carbonyl (C=O) groups is 1. The van der Waals surface area contributed by atoms with Crippen molar-refractivity contribution in [3.63, 3.8) is 0 Å². The number of aromatic amines is 1. The Hall–Kier alpha value is -1.23. The van der Waals surface area contributed by atoms with E-state index in [0.717, 1.165) is 43.2 Å². The van der Waals surface area contributed by atoms with Crippen LogP contribution in [0.5, 0.6) is 0 Å². The third kappa shape index (κ3) is 3.19. The Morgan fingerprint density at radius 2 is 2.00 bits per heavy atom. The summed E-state index contributed by atoms with van der Waals surface area (Å²) in [7, 11) is 0. The van der Waals surface area contributed by atoms with E-state index in [-0.39, 0.29) is 11.3 Å². The van der Waals surface area contributed by atoms with Gasteiger partial charge >= 0.3 is 0 Å². The van der Waals surface area contributed by atoms with E-state index in [2.05, 4.69) is 16.9 Å². The lowest BCUT2D eigenvalue weighted by Gasteiger charge is -2.57. The van der Waals surface area contributed by atoms with E-state index in [4.69, 9.17) is 0 Å². The van der Waals surface area contributed by atoms with Crippen LogP contribution in [0.15, 0.2) is 12.5 Å². The van der Waals surface area contributed by atoms with Crippen molar-refractivity contribution in [3.8, 4) is 0 Å². The number of nitrogens with zero attached hydrogens (tertiary/aromatic N) is 1. The van der Waals surface area contributed by atoms with Gasteiger partial charge in [-0.15, -0.1) is 0 Å². The number of aromatic nitrogens is 2. The molecule has 0 unspecified atom stereocenters. The molecule has 1 aromatic rings. The smallest absolute Gasteiger partial charge is 0.142 e. The fourth-order valence-corrected chi connectivity index (χ4v) is 8.31. The summed E-state index contributed by atoms with van der Waals surface area (Å²) in [6.45, 7) is 1.80. The van der Waals surface area contributed by atoms with Gasteiger partial charge in [-0.1, -0.05) is 6.92 Å². The SMILES string of the molecule is C[C@]12CC[C@H]3[C@@H](CC[C@@H]4C[C@@](O)(CF)CC[C@@H]43)[C@@H]1CC[C@@H]2C(=O)Cc1cnc[nH]1. The number of carbonyl (C=O) groups excluding carboxylic acids is 1. The number of rotatable bonds is 4. The molecule has 4 fully saturated rings. The third-order valence-electron chi connectivity index (χ3n) is 9.66. The van der Waals surface area contributed by atoms with Crippen LogP contribution >= 0.6 is 0 Å². The van der Waals surface area contributed by atoms with Gasteiger partial charge in [0.1, 0.15) is 12.5 Å². The molecular weight excluding hydrogens is 367 g/mol. The van der Waals surface area contributed by atoms with Gasteiger partial charge in [0.2, 0.25) is 0 Å². The van der Waals surface area contributed by atoms with Crippen LogP contribution in [0.25, 0.3) is 0 Å². The zero-order chi connectivity index (χ0) is 20.2. The number of halogens is 1. The van der Waals surface area contributed by atoms with Crippen molar-refractivity contribution in [2.45, 2.75) is 76.7 Å². The Balaban J connectivity index is 1.31. The first kappa shape index (κ1) is 19.7. The van der Waals surface area contributed by atoms with Crippen molar-refractivity contribution in [3.05, 3.63) is 18.2 Å². The summed E-state index contributed by atoms with van der Waals surface area (Å²) in [5, 5.41) is 10.5. The zero-order valence-corrected chi connectivity index (χ0v) is 17.6. The van der Waals surface area contributed by atoms with Gasteiger partial charge in [0.25, 0.3) is 0 Å². The van der Waals surface area contributed by atoms with E-state index in [1.807, 2.05) is 0 Å². The molecule has 29 heavy (non-hydrogen) atoms. The molecule has 5 rings (SSSR count). The van der Waals surface area contributed by atoms with Crippen LogP contribution in [-0.4, -0.2) is 33.1 Å². The van der Waals surface area contributed by atoms with Gasteiger partial charge in [-0.05, 0) is 92.8 Å². The summed E-state index contributed by atoms with van der Waals surface area (Å²) in [6.07, 6.45) is 13.1. The molecule has 4 saturated carbocycles. The average Bonchev–Trinajstić information content (AvgIpc) is 3.34. The van der Waals surface area contributed by atoms with Crippen molar-refractivity contribution >= 4 is 5.78 Å². The number of nitrogens with one attached hydrogen (secondary N) is 1. The number of hydrogen-bond donors (Lipinski definition) is 2. The minimum atomic E-state index is -1.06. The maximum absolute atomic E-state index is 13.3. The molecule has 1 aromatic heterocycles. The highest BCUT2D eigenvalue weighted by atomic mass is 19.1. The van der Waals surface area contributed by atoms with E-state index in [9.17, 15) is 14.3 Å². The Morgan fingerprint density at radius 1 is 1.17 bits per heavy atom. The lowest BCUT2D eigenvalue weighted by atomic mass is 9.49. The van der Waals surface area contributed by atoms with Gasteiger partial charge in [-0.2, -0.15) is 0 Å². The van der Waals surface area contributed by atoms with Gasteiger partial charge < -0.3 is 10.1 Å². The maximum Gasteiger partial charge on any atom is 0.142 e. The lowest BCUT2D eigenvalue weighted by Crippen LogP contribution is -2.52. The first-order chi connectivity index (χ1) is 13.9. The van der Waals surface area contributed by atoms with Gasteiger partial charge in [-0.3, -0.25) is 4.79 Å². The quantitative estimate of drug-likeness (QED) is 0.780. The second kappa shape index (κ2) is 7.18. The number of Topliss-reactive ketones (excluding diaryl/α,β-unsaturated/α-hetero) is 1. The predicted molar refractivity (Wildman–Crippen MR) is 109 cm³/mol. The second-order valence-electron chi connectivity index (χ2n) is 10.9. The van der Waals surface area contributed by atoms with Crippen LogP contribution < -0.4 is 0 Å². The highest BCUT2D eigenvalue weighted by Crippen LogP contribution is 2.64. The van der Waals surface area contributed by atoms with Crippen molar-refractivity contribution in [1.82, 2.24) is 9.97 Å². The number of ketones is 1. The Bertz CT molecular complexity index is 752. The molecule has 0 radical (unpaired) electrons. The molecule has 8 atom stereocenters. The molecule has 0 bridgehead atoms. The molecular formula is C24H35FN2O2. The number of H-pyrrole nitrogens is 1. The standard InChI is InChI=1S/C24H35FN2O2/c1-23-8-6-18-17-7-9-24(29,13-25)11-15(17)2-3-19(18)20(23)4-5-21(23)22(28)10-16-12-26-14-27-16/h12,14-15,17-21,29H,2-11,13H2,1H3,(H,26,27)/t15-,17+,18-,19-,20+,21-,23+,24-/m1/s1. The van der Waals surface area contributed by atoms with E-state index in [1.165, 1.54) is 19.3 Å². The molecule has 2 N–H and O–H groups in total. The summed E-state index contributed by atoms with van der Waals surface area (Å²) in [5.74, 6) is 3.81. The number of aliphatic hydroxyl groups is 1. The van der Waals surface area contributed by atoms with Crippen LogP contribution in [0.4, 0.5) is 4.39 Å². The number of alkyl halides is 1. The highest BCUT2D eigenvalue weighted by Gasteiger charge is 2.58. The molecule has 4 aliphatic rings. The van der Waals surface area contributed by atoms with Crippen LogP contribution in [0, 0.1) is 40.9 Å². The van der Waals surface area contributed by atoms with Gasteiger partial charge in [-0.25, -0.2) is 9.37 Å². The van der Waals surface area contributed by atoms with E-state index in [0.29, 0.717) is 42.8 Å². The molecule has 0 aliphatic heterocycles. The summed E-state index contributed by atoms with van der Waals surface area (Å²) in [6, 6.07) is 0. The number of fused-ring (bicyclic) bond motifs is 5. The van der Waals surface area contributed by atoms with Crippen molar-refractivity contribution < 1.29 is 14.3 Å². The van der Waals surface area contributed by atoms with E-state index in [1.54, 1.807) is 12.5 Å². The Labute approximate surface area is 173 Å². The summed E-state index contributed by atoms with van der Waals surface area (Å²) in [5.41, 5.74) is 0.00700. The van der Waals surface area contributed by atoms with Crippen molar-refractivity contribution in [2.75, 3.05) is 6.67 Å². The average molecular weight is 403 g/mol. The van der Waals surface area contributed by atoms with Gasteiger partial charge in [0.15, 0.2) is 0 Å². The summed E-state index contributed by atoms with van der Waals surface area (Å²) >= 11 is 0. The first-order valence-corrected chi connectivity index (χ1v) is 11.7. The third-order valence-corrected chi connectivity index (χ3v) is 9.66. The van der Waals surface area contributed by atoms with Gasteiger partial charge in [0.05, 0.1) is 11.9 Å². The monoisotopic (exact) mass is 402 g/mol. The Kier molecular flexibility index (Phi) is 4.88. The molecule has 4 aliphatic carbocycles. The molecule has 0 aromatic carbocycles. The van der Waals surface area contributed by atoms with Crippen LogP contribution in [0.1, 0.15) is 70.4 Å². The molecule has 5 heteroatoms. The minimum absolute atomic E-state index is 0.138. The fourth-order valence-electron chi connectivity index (χ4n) is 8.31. The number of hydrogen-bond acceptors (Lipinski definition) is 3. The second-order valence-corrected chi connectivity index (χ2v) is 10.9. The highest BCUT2D eigenvalue weighted by molar-refractivity contribution is 5.84. The first-order valence-electron chi connectivity index (χ1n) is 11.7. The van der Waals surface area contributed by atoms with E-state index >= 15 is 0 Å². The molecule has 4 nitrogen and oxygen atoms in total. The zero-order valence-electron chi connectivity index (χ0n) is 17.6. The van der Waals surface area contributed by atoms with Crippen LogP contribution in [0.2, 0.25) is 0 Å². The summed E-state index contributed by atoms with van der Waals surface area (Å²) in [4.78, 5) is 20.3. The molecule has 0 saturated heterocycles. The largest absolute Gasteiger partial charge is 0.387 e. The van der Waals surface area contributed by atoms with Gasteiger partial charge in [0, 0.05) is 24.2 Å². The maximum atomic E-state index is 13.3. The molecule has 160 valence electrons. The minimum Gasteiger partial charge on any atom is -0.387 e.